The van der Waals surface area contributed by atoms with Crippen molar-refractivity contribution in [3.8, 4) is 0 Å². The number of sulfonamides is 1. The van der Waals surface area contributed by atoms with Crippen LogP contribution in [0.15, 0.2) is 4.90 Å². The van der Waals surface area contributed by atoms with E-state index in [1.807, 2.05) is 13.8 Å². The highest BCUT2D eigenvalue weighted by Gasteiger charge is 2.27. The van der Waals surface area contributed by atoms with Gasteiger partial charge in [-0.15, -0.1) is 0 Å². The van der Waals surface area contributed by atoms with Crippen LogP contribution in [-0.4, -0.2) is 60.8 Å². The first-order valence-corrected chi connectivity index (χ1v) is 8.32. The van der Waals surface area contributed by atoms with Gasteiger partial charge < -0.3 is 10.0 Å². The van der Waals surface area contributed by atoms with Crippen molar-refractivity contribution in [3.05, 3.63) is 11.4 Å². The Bertz CT molecular complexity index is 578. The summed E-state index contributed by atoms with van der Waals surface area (Å²) in [6.45, 7) is 8.42. The largest absolute Gasteiger partial charge is 0.476 e. The normalized spacial score (nSPS) is 12.0. The molecule has 3 N–H and O–H groups in total. The van der Waals surface area contributed by atoms with E-state index in [0.29, 0.717) is 6.42 Å². The maximum Gasteiger partial charge on any atom is 0.357 e. The summed E-state index contributed by atoms with van der Waals surface area (Å²) < 4.78 is 26.8. The molecule has 0 saturated heterocycles. The van der Waals surface area contributed by atoms with E-state index in [0.717, 1.165) is 19.6 Å². The minimum absolute atomic E-state index is 0.212. The molecule has 1 heterocycles. The van der Waals surface area contributed by atoms with Crippen LogP contribution >= 0.6 is 0 Å². The Labute approximate surface area is 124 Å². The fourth-order valence-corrected chi connectivity index (χ4v) is 3.41. The zero-order chi connectivity index (χ0) is 16.0. The lowest BCUT2D eigenvalue weighted by atomic mass is 10.4. The number of aromatic nitrogens is 2. The standard InChI is InChI=1S/C12H22N4O4S/c1-4-16(5-2)8-6-7-13-21(19,20)11-9(3)14-15-10(11)12(17)18/h13H,4-8H2,1-3H3,(H,14,15)(H,17,18). The summed E-state index contributed by atoms with van der Waals surface area (Å²) in [6, 6.07) is 0. The molecule has 1 rings (SSSR count). The molecule has 0 atom stereocenters. The maximum absolute atomic E-state index is 12.2. The number of carbonyl (C=O) groups is 1. The first-order valence-electron chi connectivity index (χ1n) is 6.83. The molecule has 0 aliphatic heterocycles. The number of carboxylic acids is 1. The van der Waals surface area contributed by atoms with Gasteiger partial charge >= 0.3 is 5.97 Å². The Morgan fingerprint density at radius 2 is 2.00 bits per heavy atom. The smallest absolute Gasteiger partial charge is 0.357 e. The number of aromatic amines is 1. The number of nitrogens with zero attached hydrogens (tertiary/aromatic N) is 2. The van der Waals surface area contributed by atoms with Gasteiger partial charge in [-0.05, 0) is 33.0 Å². The number of nitrogens with one attached hydrogen (secondary N) is 2. The number of aromatic carboxylic acids is 1. The zero-order valence-corrected chi connectivity index (χ0v) is 13.3. The van der Waals surface area contributed by atoms with E-state index >= 15 is 0 Å². The molecular weight excluding hydrogens is 296 g/mol. The van der Waals surface area contributed by atoms with Crippen LogP contribution in [0, 0.1) is 6.92 Å². The molecule has 9 heteroatoms. The lowest BCUT2D eigenvalue weighted by Crippen LogP contribution is -2.30. The Morgan fingerprint density at radius 1 is 1.38 bits per heavy atom. The summed E-state index contributed by atoms with van der Waals surface area (Å²) in [4.78, 5) is 12.9. The molecule has 0 unspecified atom stereocenters. The Morgan fingerprint density at radius 3 is 2.52 bits per heavy atom. The van der Waals surface area contributed by atoms with Gasteiger partial charge in [0.25, 0.3) is 0 Å². The molecule has 21 heavy (non-hydrogen) atoms. The summed E-state index contributed by atoms with van der Waals surface area (Å²) in [7, 11) is -3.88. The summed E-state index contributed by atoms with van der Waals surface area (Å²) >= 11 is 0. The van der Waals surface area contributed by atoms with Crippen molar-refractivity contribution >= 4 is 16.0 Å². The predicted molar refractivity (Wildman–Crippen MR) is 77.9 cm³/mol. The third kappa shape index (κ3) is 4.51. The van der Waals surface area contributed by atoms with Gasteiger partial charge in [0.15, 0.2) is 5.69 Å². The van der Waals surface area contributed by atoms with Crippen molar-refractivity contribution in [2.24, 2.45) is 0 Å². The summed E-state index contributed by atoms with van der Waals surface area (Å²) in [6.07, 6.45) is 0.653. The van der Waals surface area contributed by atoms with Crippen molar-refractivity contribution in [1.82, 2.24) is 19.8 Å². The second-order valence-electron chi connectivity index (χ2n) is 4.61. The maximum atomic E-state index is 12.2. The second-order valence-corrected chi connectivity index (χ2v) is 6.31. The fraction of sp³-hybridized carbons (Fsp3) is 0.667. The molecule has 0 aliphatic carbocycles. The molecule has 0 spiro atoms. The number of carboxylic acid groups (broad SMARTS) is 1. The van der Waals surface area contributed by atoms with Crippen molar-refractivity contribution in [3.63, 3.8) is 0 Å². The number of hydrogen-bond acceptors (Lipinski definition) is 5. The van der Waals surface area contributed by atoms with Gasteiger partial charge in [0.2, 0.25) is 10.0 Å². The van der Waals surface area contributed by atoms with E-state index < -0.39 is 21.7 Å². The van der Waals surface area contributed by atoms with Crippen LogP contribution in [0.3, 0.4) is 0 Å². The van der Waals surface area contributed by atoms with Crippen LogP contribution in [0.4, 0.5) is 0 Å². The third-order valence-corrected chi connectivity index (χ3v) is 4.82. The van der Waals surface area contributed by atoms with E-state index in [-0.39, 0.29) is 17.1 Å². The molecule has 0 aliphatic rings. The average Bonchev–Trinajstić information content (AvgIpc) is 2.82. The Kier molecular flexibility index (Phi) is 6.31. The Hall–Kier alpha value is -1.45. The molecule has 0 radical (unpaired) electrons. The van der Waals surface area contributed by atoms with Crippen molar-refractivity contribution in [2.45, 2.75) is 32.1 Å². The van der Waals surface area contributed by atoms with Gasteiger partial charge in [-0.3, -0.25) is 5.10 Å². The molecule has 0 bridgehead atoms. The van der Waals surface area contributed by atoms with Gasteiger partial charge in [0.1, 0.15) is 4.90 Å². The second kappa shape index (κ2) is 7.53. The lowest BCUT2D eigenvalue weighted by Gasteiger charge is -2.17. The van der Waals surface area contributed by atoms with E-state index in [9.17, 15) is 13.2 Å². The highest BCUT2D eigenvalue weighted by Crippen LogP contribution is 2.17. The zero-order valence-electron chi connectivity index (χ0n) is 12.5. The minimum atomic E-state index is -3.88. The topological polar surface area (TPSA) is 115 Å². The van der Waals surface area contributed by atoms with Crippen LogP contribution < -0.4 is 4.72 Å². The molecule has 1 aromatic heterocycles. The van der Waals surface area contributed by atoms with Crippen molar-refractivity contribution in [1.29, 1.82) is 0 Å². The van der Waals surface area contributed by atoms with E-state index in [1.54, 1.807) is 0 Å². The molecular formula is C12H22N4O4S. The molecule has 0 saturated carbocycles. The molecule has 8 nitrogen and oxygen atoms in total. The van der Waals surface area contributed by atoms with Gasteiger partial charge in [-0.25, -0.2) is 17.9 Å². The quantitative estimate of drug-likeness (QED) is 0.569. The number of rotatable bonds is 9. The lowest BCUT2D eigenvalue weighted by molar-refractivity contribution is 0.0686. The first-order chi connectivity index (χ1) is 9.83. The summed E-state index contributed by atoms with van der Waals surface area (Å²) in [5.74, 6) is -1.37. The Balaban J connectivity index is 2.71. The monoisotopic (exact) mass is 318 g/mol. The first kappa shape index (κ1) is 17.6. The highest BCUT2D eigenvalue weighted by molar-refractivity contribution is 7.89. The molecule has 0 aromatic carbocycles. The number of H-pyrrole nitrogens is 1. The van der Waals surface area contributed by atoms with Crippen molar-refractivity contribution < 1.29 is 18.3 Å². The molecule has 0 amide bonds. The fourth-order valence-electron chi connectivity index (χ4n) is 2.01. The minimum Gasteiger partial charge on any atom is -0.476 e. The van der Waals surface area contributed by atoms with Crippen LogP contribution in [0.5, 0.6) is 0 Å². The number of aryl methyl sites for hydroxylation is 1. The molecule has 0 fully saturated rings. The van der Waals surface area contributed by atoms with Gasteiger partial charge in [0.05, 0.1) is 5.69 Å². The third-order valence-electron chi connectivity index (χ3n) is 3.20. The average molecular weight is 318 g/mol. The molecule has 120 valence electrons. The summed E-state index contributed by atoms with van der Waals surface area (Å²) in [5.41, 5.74) is -0.271. The van der Waals surface area contributed by atoms with E-state index in [2.05, 4.69) is 19.8 Å². The van der Waals surface area contributed by atoms with E-state index in [4.69, 9.17) is 5.11 Å². The van der Waals surface area contributed by atoms with Crippen LogP contribution in [-0.2, 0) is 10.0 Å². The summed E-state index contributed by atoms with van der Waals surface area (Å²) in [5, 5.41) is 14.9. The molecule has 1 aromatic rings. The van der Waals surface area contributed by atoms with Crippen molar-refractivity contribution in [2.75, 3.05) is 26.2 Å². The van der Waals surface area contributed by atoms with Crippen LogP contribution in [0.25, 0.3) is 0 Å². The van der Waals surface area contributed by atoms with Gasteiger partial charge in [-0.1, -0.05) is 13.8 Å². The number of hydrogen-bond donors (Lipinski definition) is 3. The van der Waals surface area contributed by atoms with Gasteiger partial charge in [0, 0.05) is 6.54 Å². The van der Waals surface area contributed by atoms with E-state index in [1.165, 1.54) is 6.92 Å². The highest BCUT2D eigenvalue weighted by atomic mass is 32.2. The van der Waals surface area contributed by atoms with Crippen LogP contribution in [0.1, 0.15) is 36.5 Å². The predicted octanol–water partition coefficient (Wildman–Crippen LogP) is 0.427. The SMILES string of the molecule is CCN(CC)CCCNS(=O)(=O)c1c(C(=O)O)n[nH]c1C. The van der Waals surface area contributed by atoms with Gasteiger partial charge in [-0.2, -0.15) is 5.10 Å². The van der Waals surface area contributed by atoms with Crippen LogP contribution in [0.2, 0.25) is 0 Å².